The molecule has 2 unspecified atom stereocenters. The molecular formula is C15H25BrN2O2S. The molecule has 4 nitrogen and oxygen atoms in total. The second-order valence-electron chi connectivity index (χ2n) is 6.05. The van der Waals surface area contributed by atoms with Gasteiger partial charge in [-0.1, -0.05) is 6.92 Å². The fourth-order valence-electron chi connectivity index (χ4n) is 1.75. The van der Waals surface area contributed by atoms with E-state index < -0.39 is 5.60 Å². The summed E-state index contributed by atoms with van der Waals surface area (Å²) in [6.45, 7) is 10.5. The molecule has 0 radical (unpaired) electrons. The van der Waals surface area contributed by atoms with Gasteiger partial charge in [-0.15, -0.1) is 11.3 Å². The first kappa shape index (κ1) is 18.5. The van der Waals surface area contributed by atoms with Crippen molar-refractivity contribution in [3.05, 3.63) is 20.8 Å². The maximum absolute atomic E-state index is 11.8. The van der Waals surface area contributed by atoms with Crippen LogP contribution in [0.4, 0.5) is 4.79 Å². The van der Waals surface area contributed by atoms with Crippen LogP contribution in [0.5, 0.6) is 0 Å². The number of carbonyl (C=O) groups is 1. The van der Waals surface area contributed by atoms with Gasteiger partial charge in [0, 0.05) is 33.4 Å². The maximum atomic E-state index is 11.8. The SMILES string of the molecule is CCC(CNC(C)c1cc(Br)cs1)NC(=O)OC(C)(C)C. The lowest BCUT2D eigenvalue weighted by Crippen LogP contribution is -2.44. The minimum Gasteiger partial charge on any atom is -0.444 e. The van der Waals surface area contributed by atoms with Crippen LogP contribution < -0.4 is 10.6 Å². The molecule has 120 valence electrons. The third-order valence-electron chi connectivity index (χ3n) is 2.90. The molecule has 0 aliphatic rings. The third-order valence-corrected chi connectivity index (χ3v) is 4.77. The fraction of sp³-hybridized carbons (Fsp3) is 0.667. The van der Waals surface area contributed by atoms with E-state index in [0.717, 1.165) is 10.9 Å². The minimum atomic E-state index is -0.466. The molecule has 2 N–H and O–H groups in total. The molecule has 0 aliphatic carbocycles. The van der Waals surface area contributed by atoms with Gasteiger partial charge in [-0.25, -0.2) is 4.79 Å². The summed E-state index contributed by atoms with van der Waals surface area (Å²) in [7, 11) is 0. The molecule has 1 heterocycles. The van der Waals surface area contributed by atoms with E-state index in [1.165, 1.54) is 4.88 Å². The largest absolute Gasteiger partial charge is 0.444 e. The second-order valence-corrected chi connectivity index (χ2v) is 7.91. The van der Waals surface area contributed by atoms with Crippen molar-refractivity contribution in [2.24, 2.45) is 0 Å². The van der Waals surface area contributed by atoms with Crippen LogP contribution >= 0.6 is 27.3 Å². The average Bonchev–Trinajstić information content (AvgIpc) is 2.78. The van der Waals surface area contributed by atoms with Crippen LogP contribution in [0.15, 0.2) is 15.9 Å². The van der Waals surface area contributed by atoms with Crippen molar-refractivity contribution in [1.29, 1.82) is 0 Å². The van der Waals surface area contributed by atoms with Crippen molar-refractivity contribution >= 4 is 33.4 Å². The number of hydrogen-bond donors (Lipinski definition) is 2. The lowest BCUT2D eigenvalue weighted by molar-refractivity contribution is 0.0502. The summed E-state index contributed by atoms with van der Waals surface area (Å²) < 4.78 is 6.39. The first-order valence-corrected chi connectivity index (χ1v) is 8.85. The number of alkyl carbamates (subject to hydrolysis) is 1. The molecule has 0 aromatic carbocycles. The van der Waals surface area contributed by atoms with Gasteiger partial charge in [0.25, 0.3) is 0 Å². The summed E-state index contributed by atoms with van der Waals surface area (Å²) in [5.41, 5.74) is -0.466. The number of amides is 1. The zero-order valence-corrected chi connectivity index (χ0v) is 15.7. The molecule has 1 amide bonds. The Morgan fingerprint density at radius 2 is 2.14 bits per heavy atom. The highest BCUT2D eigenvalue weighted by Gasteiger charge is 2.19. The lowest BCUT2D eigenvalue weighted by Gasteiger charge is -2.24. The molecule has 0 saturated carbocycles. The second kappa shape index (κ2) is 8.15. The Morgan fingerprint density at radius 3 is 2.62 bits per heavy atom. The van der Waals surface area contributed by atoms with Crippen molar-refractivity contribution < 1.29 is 9.53 Å². The Kier molecular flexibility index (Phi) is 7.16. The predicted molar refractivity (Wildman–Crippen MR) is 91.9 cm³/mol. The molecule has 1 aromatic heterocycles. The highest BCUT2D eigenvalue weighted by molar-refractivity contribution is 9.10. The van der Waals surface area contributed by atoms with Crippen LogP contribution in [0.1, 0.15) is 52.0 Å². The van der Waals surface area contributed by atoms with E-state index >= 15 is 0 Å². The molecule has 2 atom stereocenters. The standard InChI is InChI=1S/C15H25BrN2O2S/c1-6-12(18-14(19)20-15(3,4)5)8-17-10(2)13-7-11(16)9-21-13/h7,9-10,12,17H,6,8H2,1-5H3,(H,18,19). The normalized spacial score (nSPS) is 14.6. The Balaban J connectivity index is 2.42. The van der Waals surface area contributed by atoms with E-state index in [2.05, 4.69) is 51.9 Å². The molecule has 0 spiro atoms. The molecule has 21 heavy (non-hydrogen) atoms. The number of ether oxygens (including phenoxy) is 1. The monoisotopic (exact) mass is 376 g/mol. The average molecular weight is 377 g/mol. The van der Waals surface area contributed by atoms with Gasteiger partial charge >= 0.3 is 6.09 Å². The van der Waals surface area contributed by atoms with Gasteiger partial charge in [0.1, 0.15) is 5.60 Å². The minimum absolute atomic E-state index is 0.0608. The van der Waals surface area contributed by atoms with E-state index in [9.17, 15) is 4.79 Å². The number of hydrogen-bond acceptors (Lipinski definition) is 4. The molecule has 0 aliphatic heterocycles. The van der Waals surface area contributed by atoms with Gasteiger partial charge in [-0.05, 0) is 56.1 Å². The number of carbonyl (C=O) groups excluding carboxylic acids is 1. The molecule has 0 fully saturated rings. The predicted octanol–water partition coefficient (Wildman–Crippen LogP) is 4.46. The molecular weight excluding hydrogens is 352 g/mol. The summed E-state index contributed by atoms with van der Waals surface area (Å²) in [4.78, 5) is 13.1. The zero-order chi connectivity index (χ0) is 16.0. The van der Waals surface area contributed by atoms with Gasteiger partial charge in [-0.2, -0.15) is 0 Å². The van der Waals surface area contributed by atoms with Crippen LogP contribution in [-0.4, -0.2) is 24.3 Å². The van der Waals surface area contributed by atoms with Gasteiger partial charge in [0.05, 0.1) is 0 Å². The van der Waals surface area contributed by atoms with Gasteiger partial charge < -0.3 is 15.4 Å². The summed E-state index contributed by atoms with van der Waals surface area (Å²) in [5.74, 6) is 0. The highest BCUT2D eigenvalue weighted by Crippen LogP contribution is 2.25. The molecule has 6 heteroatoms. The number of thiophene rings is 1. The first-order chi connectivity index (χ1) is 9.71. The van der Waals surface area contributed by atoms with E-state index in [1.807, 2.05) is 20.8 Å². The Bertz CT molecular complexity index is 457. The third kappa shape index (κ3) is 7.29. The van der Waals surface area contributed by atoms with Crippen molar-refractivity contribution in [1.82, 2.24) is 10.6 Å². The van der Waals surface area contributed by atoms with E-state index in [0.29, 0.717) is 6.54 Å². The Hall–Kier alpha value is -0.590. The molecule has 1 rings (SSSR count). The van der Waals surface area contributed by atoms with E-state index in [4.69, 9.17) is 4.74 Å². The van der Waals surface area contributed by atoms with E-state index in [-0.39, 0.29) is 18.2 Å². The molecule has 0 saturated heterocycles. The number of halogens is 1. The van der Waals surface area contributed by atoms with Crippen LogP contribution in [0.2, 0.25) is 0 Å². The molecule has 1 aromatic rings. The summed E-state index contributed by atoms with van der Waals surface area (Å²) in [6.07, 6.45) is 0.496. The quantitative estimate of drug-likeness (QED) is 0.769. The lowest BCUT2D eigenvalue weighted by atomic mass is 10.2. The van der Waals surface area contributed by atoms with Crippen molar-refractivity contribution in [3.8, 4) is 0 Å². The zero-order valence-electron chi connectivity index (χ0n) is 13.3. The smallest absolute Gasteiger partial charge is 0.407 e. The number of rotatable bonds is 6. The highest BCUT2D eigenvalue weighted by atomic mass is 79.9. The van der Waals surface area contributed by atoms with Crippen LogP contribution in [0.25, 0.3) is 0 Å². The van der Waals surface area contributed by atoms with Crippen LogP contribution in [-0.2, 0) is 4.74 Å². The fourth-order valence-corrected chi connectivity index (χ4v) is 3.22. The Morgan fingerprint density at radius 1 is 1.48 bits per heavy atom. The van der Waals surface area contributed by atoms with Crippen molar-refractivity contribution in [2.45, 2.75) is 58.7 Å². The summed E-state index contributed by atoms with van der Waals surface area (Å²) in [5, 5.41) is 8.43. The van der Waals surface area contributed by atoms with Crippen molar-refractivity contribution in [2.75, 3.05) is 6.54 Å². The van der Waals surface area contributed by atoms with Crippen LogP contribution in [0, 0.1) is 0 Å². The topological polar surface area (TPSA) is 50.4 Å². The number of nitrogens with one attached hydrogen (secondary N) is 2. The van der Waals surface area contributed by atoms with Crippen LogP contribution in [0.3, 0.4) is 0 Å². The van der Waals surface area contributed by atoms with Gasteiger partial charge in [-0.3, -0.25) is 0 Å². The van der Waals surface area contributed by atoms with E-state index in [1.54, 1.807) is 11.3 Å². The summed E-state index contributed by atoms with van der Waals surface area (Å²) >= 11 is 5.18. The van der Waals surface area contributed by atoms with Gasteiger partial charge in [0.15, 0.2) is 0 Å². The van der Waals surface area contributed by atoms with Gasteiger partial charge in [0.2, 0.25) is 0 Å². The molecule has 0 bridgehead atoms. The Labute approximate surface area is 139 Å². The van der Waals surface area contributed by atoms with Crippen molar-refractivity contribution in [3.63, 3.8) is 0 Å². The summed E-state index contributed by atoms with van der Waals surface area (Å²) in [6, 6.07) is 2.44. The first-order valence-electron chi connectivity index (χ1n) is 7.18. The maximum Gasteiger partial charge on any atom is 0.407 e.